The maximum atomic E-state index is 5.83. The smallest absolute Gasteiger partial charge is 0.118 e. The van der Waals surface area contributed by atoms with Crippen LogP contribution in [-0.2, 0) is 0 Å². The van der Waals surface area contributed by atoms with Gasteiger partial charge in [-0.05, 0) is 36.4 Å². The first-order valence-electron chi connectivity index (χ1n) is 4.66. The third-order valence-electron chi connectivity index (χ3n) is 2.20. The highest BCUT2D eigenvalue weighted by atomic mass is 16.5. The van der Waals surface area contributed by atoms with Gasteiger partial charge in [0, 0.05) is 11.8 Å². The van der Waals surface area contributed by atoms with Crippen molar-refractivity contribution in [3.8, 4) is 17.0 Å². The monoisotopic (exact) mass is 200 g/mol. The molecule has 0 aliphatic carbocycles. The topological polar surface area (TPSA) is 48.1 Å². The van der Waals surface area contributed by atoms with Gasteiger partial charge in [0.2, 0.25) is 0 Å². The number of aromatic nitrogens is 1. The Bertz CT molecular complexity index is 451. The molecule has 1 aromatic heterocycles. The Morgan fingerprint density at radius 2 is 1.87 bits per heavy atom. The lowest BCUT2D eigenvalue weighted by Gasteiger charge is -2.05. The van der Waals surface area contributed by atoms with Gasteiger partial charge in [0.25, 0.3) is 0 Å². The van der Waals surface area contributed by atoms with E-state index in [1.54, 1.807) is 13.3 Å². The first-order valence-corrected chi connectivity index (χ1v) is 4.66. The van der Waals surface area contributed by atoms with Crippen molar-refractivity contribution in [2.75, 3.05) is 12.8 Å². The fourth-order valence-electron chi connectivity index (χ4n) is 1.41. The van der Waals surface area contributed by atoms with Gasteiger partial charge in [0.15, 0.2) is 0 Å². The van der Waals surface area contributed by atoms with E-state index in [1.165, 1.54) is 0 Å². The molecule has 0 radical (unpaired) electrons. The van der Waals surface area contributed by atoms with Crippen molar-refractivity contribution in [1.82, 2.24) is 4.98 Å². The van der Waals surface area contributed by atoms with E-state index in [0.717, 1.165) is 17.0 Å². The zero-order valence-electron chi connectivity index (χ0n) is 8.47. The molecule has 0 atom stereocenters. The van der Waals surface area contributed by atoms with Crippen LogP contribution < -0.4 is 10.5 Å². The standard InChI is InChI=1S/C12H12N2O/c1-15-10-6-4-9(5-7-10)12-11(13)3-2-8-14-12/h2-8H,13H2,1H3. The Morgan fingerprint density at radius 3 is 2.47 bits per heavy atom. The molecule has 0 bridgehead atoms. The number of hydrogen-bond acceptors (Lipinski definition) is 3. The SMILES string of the molecule is COc1ccc(-c2ncccc2N)cc1. The highest BCUT2D eigenvalue weighted by molar-refractivity contribution is 5.72. The van der Waals surface area contributed by atoms with Crippen LogP contribution in [0.15, 0.2) is 42.6 Å². The molecular weight excluding hydrogens is 188 g/mol. The summed E-state index contributed by atoms with van der Waals surface area (Å²) in [7, 11) is 1.64. The number of nitrogens with zero attached hydrogens (tertiary/aromatic N) is 1. The summed E-state index contributed by atoms with van der Waals surface area (Å²) < 4.78 is 5.08. The van der Waals surface area contributed by atoms with Crippen LogP contribution in [0.1, 0.15) is 0 Å². The summed E-state index contributed by atoms with van der Waals surface area (Å²) in [6, 6.07) is 11.3. The number of benzene rings is 1. The molecule has 0 amide bonds. The molecule has 2 rings (SSSR count). The molecular formula is C12H12N2O. The van der Waals surface area contributed by atoms with Gasteiger partial charge in [-0.25, -0.2) is 0 Å². The van der Waals surface area contributed by atoms with Crippen molar-refractivity contribution in [3.05, 3.63) is 42.6 Å². The fraction of sp³-hybridized carbons (Fsp3) is 0.0833. The minimum atomic E-state index is 0.683. The molecule has 3 heteroatoms. The predicted molar refractivity (Wildman–Crippen MR) is 60.6 cm³/mol. The van der Waals surface area contributed by atoms with Crippen LogP contribution in [-0.4, -0.2) is 12.1 Å². The maximum absolute atomic E-state index is 5.83. The summed E-state index contributed by atoms with van der Waals surface area (Å²) in [6.45, 7) is 0. The molecule has 3 nitrogen and oxygen atoms in total. The third-order valence-corrected chi connectivity index (χ3v) is 2.20. The Morgan fingerprint density at radius 1 is 1.13 bits per heavy atom. The summed E-state index contributed by atoms with van der Waals surface area (Å²) in [5, 5.41) is 0. The van der Waals surface area contributed by atoms with E-state index in [9.17, 15) is 0 Å². The number of nitrogens with two attached hydrogens (primary N) is 1. The Balaban J connectivity index is 2.42. The van der Waals surface area contributed by atoms with Gasteiger partial charge in [-0.15, -0.1) is 0 Å². The molecule has 0 aliphatic heterocycles. The van der Waals surface area contributed by atoms with Crippen LogP contribution in [0.2, 0.25) is 0 Å². The largest absolute Gasteiger partial charge is 0.497 e. The number of ether oxygens (including phenoxy) is 1. The van der Waals surface area contributed by atoms with E-state index < -0.39 is 0 Å². The summed E-state index contributed by atoms with van der Waals surface area (Å²) in [5.74, 6) is 0.827. The molecule has 2 N–H and O–H groups in total. The molecule has 15 heavy (non-hydrogen) atoms. The molecule has 0 fully saturated rings. The van der Waals surface area contributed by atoms with Gasteiger partial charge >= 0.3 is 0 Å². The van der Waals surface area contributed by atoms with Crippen molar-refractivity contribution in [2.24, 2.45) is 0 Å². The second-order valence-corrected chi connectivity index (χ2v) is 3.17. The third kappa shape index (κ3) is 1.91. The molecule has 0 spiro atoms. The molecule has 2 aromatic rings. The van der Waals surface area contributed by atoms with Gasteiger partial charge in [0.1, 0.15) is 5.75 Å². The van der Waals surface area contributed by atoms with Gasteiger partial charge in [-0.2, -0.15) is 0 Å². The summed E-state index contributed by atoms with van der Waals surface area (Å²) in [5.41, 5.74) is 8.31. The van der Waals surface area contributed by atoms with Crippen LogP contribution in [0.25, 0.3) is 11.3 Å². The van der Waals surface area contributed by atoms with Crippen LogP contribution in [0, 0.1) is 0 Å². The van der Waals surface area contributed by atoms with Crippen LogP contribution >= 0.6 is 0 Å². The van der Waals surface area contributed by atoms with E-state index in [-0.39, 0.29) is 0 Å². The summed E-state index contributed by atoms with van der Waals surface area (Å²) >= 11 is 0. The Labute approximate surface area is 88.5 Å². The number of hydrogen-bond donors (Lipinski definition) is 1. The van der Waals surface area contributed by atoms with Crippen LogP contribution in [0.3, 0.4) is 0 Å². The maximum Gasteiger partial charge on any atom is 0.118 e. The average molecular weight is 200 g/mol. The molecule has 76 valence electrons. The lowest BCUT2D eigenvalue weighted by Crippen LogP contribution is -1.92. The number of anilines is 1. The van der Waals surface area contributed by atoms with Crippen molar-refractivity contribution in [3.63, 3.8) is 0 Å². The first kappa shape index (κ1) is 9.52. The Kier molecular flexibility index (Phi) is 2.54. The highest BCUT2D eigenvalue weighted by Crippen LogP contribution is 2.24. The van der Waals surface area contributed by atoms with E-state index >= 15 is 0 Å². The number of nitrogen functional groups attached to an aromatic ring is 1. The quantitative estimate of drug-likeness (QED) is 0.809. The number of pyridine rings is 1. The zero-order valence-corrected chi connectivity index (χ0v) is 8.47. The second-order valence-electron chi connectivity index (χ2n) is 3.17. The second kappa shape index (κ2) is 4.00. The first-order chi connectivity index (χ1) is 7.31. The van der Waals surface area contributed by atoms with Crippen LogP contribution in [0.4, 0.5) is 5.69 Å². The van der Waals surface area contributed by atoms with Gasteiger partial charge in [-0.3, -0.25) is 4.98 Å². The Hall–Kier alpha value is -2.03. The van der Waals surface area contributed by atoms with Crippen LogP contribution in [0.5, 0.6) is 5.75 Å². The predicted octanol–water partition coefficient (Wildman–Crippen LogP) is 2.34. The van der Waals surface area contributed by atoms with E-state index in [2.05, 4.69) is 4.98 Å². The minimum absolute atomic E-state index is 0.683. The van der Waals surface area contributed by atoms with Gasteiger partial charge in [0.05, 0.1) is 18.5 Å². The number of methoxy groups -OCH3 is 1. The summed E-state index contributed by atoms with van der Waals surface area (Å²) in [6.07, 6.45) is 1.73. The van der Waals surface area contributed by atoms with Crippen molar-refractivity contribution in [1.29, 1.82) is 0 Å². The molecule has 0 saturated carbocycles. The van der Waals surface area contributed by atoms with Crippen molar-refractivity contribution in [2.45, 2.75) is 0 Å². The van der Waals surface area contributed by atoms with Crippen molar-refractivity contribution >= 4 is 5.69 Å². The zero-order chi connectivity index (χ0) is 10.7. The lowest BCUT2D eigenvalue weighted by atomic mass is 10.1. The highest BCUT2D eigenvalue weighted by Gasteiger charge is 2.02. The van der Waals surface area contributed by atoms with E-state index in [1.807, 2.05) is 36.4 Å². The number of rotatable bonds is 2. The summed E-state index contributed by atoms with van der Waals surface area (Å²) in [4.78, 5) is 4.24. The normalized spacial score (nSPS) is 9.93. The molecule has 0 aliphatic rings. The van der Waals surface area contributed by atoms with Gasteiger partial charge in [-0.1, -0.05) is 0 Å². The van der Waals surface area contributed by atoms with E-state index in [0.29, 0.717) is 5.69 Å². The molecule has 0 unspecified atom stereocenters. The molecule has 1 aromatic carbocycles. The van der Waals surface area contributed by atoms with Gasteiger partial charge < -0.3 is 10.5 Å². The minimum Gasteiger partial charge on any atom is -0.497 e. The van der Waals surface area contributed by atoms with E-state index in [4.69, 9.17) is 10.5 Å². The lowest BCUT2D eigenvalue weighted by molar-refractivity contribution is 0.415. The molecule has 0 saturated heterocycles. The fourth-order valence-corrected chi connectivity index (χ4v) is 1.41. The molecule has 1 heterocycles. The van der Waals surface area contributed by atoms with Crippen molar-refractivity contribution < 1.29 is 4.74 Å². The average Bonchev–Trinajstić information content (AvgIpc) is 2.30.